The van der Waals surface area contributed by atoms with E-state index in [9.17, 15) is 4.79 Å². The Bertz CT molecular complexity index is 1090. The summed E-state index contributed by atoms with van der Waals surface area (Å²) in [7, 11) is 0. The Balaban J connectivity index is 1.45. The minimum atomic E-state index is -0.0847. The molecule has 0 spiro atoms. The Labute approximate surface area is 163 Å². The van der Waals surface area contributed by atoms with Crippen LogP contribution in [0.1, 0.15) is 10.7 Å². The van der Waals surface area contributed by atoms with E-state index < -0.39 is 0 Å². The third-order valence-corrected chi connectivity index (χ3v) is 5.89. The Hall–Kier alpha value is -2.28. The number of halogens is 1. The second-order valence-corrected chi connectivity index (χ2v) is 8.32. The van der Waals surface area contributed by atoms with Crippen molar-refractivity contribution >= 4 is 56.1 Å². The Morgan fingerprint density at radius 3 is 2.77 bits per heavy atom. The number of aryl methyl sites for hydroxylation is 1. The Morgan fingerprint density at radius 2 is 1.96 bits per heavy atom. The number of fused-ring (bicyclic) bond motifs is 1. The van der Waals surface area contributed by atoms with Gasteiger partial charge in [0.1, 0.15) is 5.01 Å². The number of carbonyl (C=O) groups excluding carboxylic acids is 1. The minimum absolute atomic E-state index is 0.0847. The SMILES string of the molecule is Cc1nc2ccc(NC(=O)Cc3csc(-c4ccc(Cl)cc4)n3)cc2s1. The van der Waals surface area contributed by atoms with Gasteiger partial charge in [-0.15, -0.1) is 22.7 Å². The Morgan fingerprint density at radius 1 is 1.15 bits per heavy atom. The van der Waals surface area contributed by atoms with Gasteiger partial charge in [-0.25, -0.2) is 9.97 Å². The van der Waals surface area contributed by atoms with Crippen LogP contribution in [0.4, 0.5) is 5.69 Å². The van der Waals surface area contributed by atoms with Crippen LogP contribution in [0.2, 0.25) is 5.02 Å². The van der Waals surface area contributed by atoms with Gasteiger partial charge in [-0.2, -0.15) is 0 Å². The molecule has 0 aliphatic rings. The molecule has 0 aliphatic heterocycles. The van der Waals surface area contributed by atoms with Gasteiger partial charge in [0.05, 0.1) is 27.3 Å². The molecule has 1 amide bonds. The highest BCUT2D eigenvalue weighted by Crippen LogP contribution is 2.26. The molecule has 0 atom stereocenters. The molecule has 2 aromatic carbocycles. The van der Waals surface area contributed by atoms with E-state index in [4.69, 9.17) is 11.6 Å². The molecule has 0 saturated carbocycles. The lowest BCUT2D eigenvalue weighted by molar-refractivity contribution is -0.115. The van der Waals surface area contributed by atoms with Crippen molar-refractivity contribution in [2.75, 3.05) is 5.32 Å². The first-order valence-corrected chi connectivity index (χ1v) is 10.0. The van der Waals surface area contributed by atoms with Crippen LogP contribution in [0.3, 0.4) is 0 Å². The van der Waals surface area contributed by atoms with E-state index in [1.165, 1.54) is 11.3 Å². The maximum absolute atomic E-state index is 12.3. The average Bonchev–Trinajstić information content (AvgIpc) is 3.20. The molecule has 4 rings (SSSR count). The predicted molar refractivity (Wildman–Crippen MR) is 109 cm³/mol. The molecule has 2 heterocycles. The third kappa shape index (κ3) is 3.77. The lowest BCUT2D eigenvalue weighted by Gasteiger charge is -2.03. The zero-order valence-corrected chi connectivity index (χ0v) is 16.2. The normalized spacial score (nSPS) is 11.0. The van der Waals surface area contributed by atoms with Crippen molar-refractivity contribution in [2.24, 2.45) is 0 Å². The van der Waals surface area contributed by atoms with E-state index in [1.54, 1.807) is 11.3 Å². The smallest absolute Gasteiger partial charge is 0.230 e. The predicted octanol–water partition coefficient (Wildman–Crippen LogP) is 5.56. The van der Waals surface area contributed by atoms with Crippen molar-refractivity contribution in [2.45, 2.75) is 13.3 Å². The van der Waals surface area contributed by atoms with Crippen LogP contribution >= 0.6 is 34.3 Å². The van der Waals surface area contributed by atoms with Gasteiger partial charge in [-0.05, 0) is 37.3 Å². The molecule has 130 valence electrons. The first-order chi connectivity index (χ1) is 12.6. The standard InChI is InChI=1S/C19H14ClN3OS2/c1-11-21-16-7-6-14(8-17(16)26-11)22-18(24)9-15-10-25-19(23-15)12-2-4-13(20)5-3-12/h2-8,10H,9H2,1H3,(H,22,24). The lowest BCUT2D eigenvalue weighted by atomic mass is 10.2. The van der Waals surface area contributed by atoms with Gasteiger partial charge in [-0.1, -0.05) is 23.7 Å². The van der Waals surface area contributed by atoms with Crippen molar-refractivity contribution in [3.63, 3.8) is 0 Å². The molecule has 0 radical (unpaired) electrons. The van der Waals surface area contributed by atoms with Gasteiger partial charge in [-0.3, -0.25) is 4.79 Å². The summed E-state index contributed by atoms with van der Waals surface area (Å²) in [5, 5.41) is 7.44. The summed E-state index contributed by atoms with van der Waals surface area (Å²) in [6, 6.07) is 13.3. The molecule has 4 aromatic rings. The summed E-state index contributed by atoms with van der Waals surface area (Å²) in [6.07, 6.45) is 0.240. The van der Waals surface area contributed by atoms with Gasteiger partial charge < -0.3 is 5.32 Å². The number of anilines is 1. The van der Waals surface area contributed by atoms with Crippen LogP contribution in [0, 0.1) is 6.92 Å². The number of hydrogen-bond acceptors (Lipinski definition) is 5. The van der Waals surface area contributed by atoms with Crippen LogP contribution in [-0.2, 0) is 11.2 Å². The highest BCUT2D eigenvalue weighted by atomic mass is 35.5. The molecule has 26 heavy (non-hydrogen) atoms. The van der Waals surface area contributed by atoms with Crippen LogP contribution < -0.4 is 5.32 Å². The number of amides is 1. The first kappa shape index (κ1) is 17.1. The zero-order chi connectivity index (χ0) is 18.1. The topological polar surface area (TPSA) is 54.9 Å². The number of nitrogens with one attached hydrogen (secondary N) is 1. The number of hydrogen-bond donors (Lipinski definition) is 1. The summed E-state index contributed by atoms with van der Waals surface area (Å²) < 4.78 is 1.07. The van der Waals surface area contributed by atoms with Crippen LogP contribution in [0.25, 0.3) is 20.8 Å². The van der Waals surface area contributed by atoms with Gasteiger partial charge in [0.2, 0.25) is 5.91 Å². The molecule has 4 nitrogen and oxygen atoms in total. The fourth-order valence-electron chi connectivity index (χ4n) is 2.60. The van der Waals surface area contributed by atoms with Crippen molar-refractivity contribution in [1.82, 2.24) is 9.97 Å². The van der Waals surface area contributed by atoms with Crippen molar-refractivity contribution < 1.29 is 4.79 Å². The minimum Gasteiger partial charge on any atom is -0.326 e. The number of rotatable bonds is 4. The monoisotopic (exact) mass is 399 g/mol. The summed E-state index contributed by atoms with van der Waals surface area (Å²) >= 11 is 9.05. The molecule has 0 saturated heterocycles. The van der Waals surface area contributed by atoms with E-state index >= 15 is 0 Å². The van der Waals surface area contributed by atoms with Crippen LogP contribution in [-0.4, -0.2) is 15.9 Å². The molecular weight excluding hydrogens is 386 g/mol. The molecule has 7 heteroatoms. The van der Waals surface area contributed by atoms with Gasteiger partial charge in [0.15, 0.2) is 0 Å². The summed E-state index contributed by atoms with van der Waals surface area (Å²) in [6.45, 7) is 1.98. The fourth-order valence-corrected chi connectivity index (χ4v) is 4.42. The quantitative estimate of drug-likeness (QED) is 0.488. The maximum Gasteiger partial charge on any atom is 0.230 e. The highest BCUT2D eigenvalue weighted by molar-refractivity contribution is 7.18. The molecule has 0 aliphatic carbocycles. The van der Waals surface area contributed by atoms with E-state index in [0.717, 1.165) is 37.2 Å². The van der Waals surface area contributed by atoms with E-state index in [-0.39, 0.29) is 12.3 Å². The van der Waals surface area contributed by atoms with Crippen LogP contribution in [0.5, 0.6) is 0 Å². The number of aromatic nitrogens is 2. The van der Waals surface area contributed by atoms with Gasteiger partial charge >= 0.3 is 0 Å². The summed E-state index contributed by atoms with van der Waals surface area (Å²) in [4.78, 5) is 21.3. The van der Waals surface area contributed by atoms with Crippen LogP contribution in [0.15, 0.2) is 47.8 Å². The van der Waals surface area contributed by atoms with Gasteiger partial charge in [0.25, 0.3) is 0 Å². The lowest BCUT2D eigenvalue weighted by Crippen LogP contribution is -2.14. The number of carbonyl (C=O) groups is 1. The van der Waals surface area contributed by atoms with Gasteiger partial charge in [0, 0.05) is 21.7 Å². The number of thiazole rings is 2. The second kappa shape index (κ2) is 7.15. The number of benzene rings is 2. The zero-order valence-electron chi connectivity index (χ0n) is 13.8. The second-order valence-electron chi connectivity index (χ2n) is 5.79. The van der Waals surface area contributed by atoms with Crippen molar-refractivity contribution in [3.8, 4) is 10.6 Å². The molecule has 1 N–H and O–H groups in total. The Kier molecular flexibility index (Phi) is 4.72. The maximum atomic E-state index is 12.3. The van der Waals surface area contributed by atoms with Crippen molar-refractivity contribution in [3.05, 3.63) is 63.6 Å². The van der Waals surface area contributed by atoms with E-state index in [0.29, 0.717) is 5.02 Å². The average molecular weight is 400 g/mol. The fraction of sp³-hybridized carbons (Fsp3) is 0.105. The largest absolute Gasteiger partial charge is 0.326 e. The highest BCUT2D eigenvalue weighted by Gasteiger charge is 2.10. The third-order valence-electron chi connectivity index (χ3n) is 3.76. The van der Waals surface area contributed by atoms with Crippen molar-refractivity contribution in [1.29, 1.82) is 0 Å². The first-order valence-electron chi connectivity index (χ1n) is 7.94. The molecule has 2 aromatic heterocycles. The molecule has 0 fully saturated rings. The summed E-state index contributed by atoms with van der Waals surface area (Å²) in [5.74, 6) is -0.0847. The van der Waals surface area contributed by atoms with E-state index in [2.05, 4.69) is 15.3 Å². The summed E-state index contributed by atoms with van der Waals surface area (Å²) in [5.41, 5.74) is 3.49. The molecule has 0 unspecified atom stereocenters. The molecule has 0 bridgehead atoms. The number of nitrogens with zero attached hydrogens (tertiary/aromatic N) is 2. The molecular formula is C19H14ClN3OS2. The van der Waals surface area contributed by atoms with E-state index in [1.807, 2.05) is 54.8 Å².